The molecule has 5 heteroatoms. The van der Waals surface area contributed by atoms with Gasteiger partial charge in [-0.1, -0.05) is 43.3 Å². The summed E-state index contributed by atoms with van der Waals surface area (Å²) in [6.45, 7) is 3.38. The molecule has 1 atom stereocenters. The number of hydrogen-bond acceptors (Lipinski definition) is 4. The number of aliphatic hydroxyl groups excluding tert-OH is 1. The molecule has 1 heterocycles. The van der Waals surface area contributed by atoms with E-state index in [2.05, 4.69) is 0 Å². The van der Waals surface area contributed by atoms with Gasteiger partial charge < -0.3 is 19.5 Å². The molecule has 26 heavy (non-hydrogen) atoms. The highest BCUT2D eigenvalue weighted by atomic mass is 16.7. The Bertz CT molecular complexity index is 732. The minimum atomic E-state index is 0.0493. The molecule has 0 aromatic heterocycles. The van der Waals surface area contributed by atoms with Crippen LogP contribution >= 0.6 is 0 Å². The first kappa shape index (κ1) is 18.3. The Morgan fingerprint density at radius 1 is 1.12 bits per heavy atom. The molecule has 3 rings (SSSR count). The highest BCUT2D eigenvalue weighted by molar-refractivity contribution is 5.76. The van der Waals surface area contributed by atoms with E-state index in [-0.39, 0.29) is 25.2 Å². The largest absolute Gasteiger partial charge is 0.454 e. The predicted octanol–water partition coefficient (Wildman–Crippen LogP) is 3.01. The molecule has 0 bridgehead atoms. The van der Waals surface area contributed by atoms with Crippen molar-refractivity contribution in [1.82, 2.24) is 4.90 Å². The number of fused-ring (bicyclic) bond motifs is 1. The first-order chi connectivity index (χ1) is 12.7. The Hall–Kier alpha value is -2.53. The van der Waals surface area contributed by atoms with Crippen LogP contribution in [0.4, 0.5) is 0 Å². The van der Waals surface area contributed by atoms with Gasteiger partial charge in [-0.3, -0.25) is 4.79 Å². The molecule has 0 aliphatic carbocycles. The molecule has 1 amide bonds. The predicted molar refractivity (Wildman–Crippen MR) is 99.0 cm³/mol. The Balaban J connectivity index is 1.62. The van der Waals surface area contributed by atoms with E-state index in [1.165, 1.54) is 0 Å². The summed E-state index contributed by atoms with van der Waals surface area (Å²) in [4.78, 5) is 14.6. The molecular weight excluding hydrogens is 330 g/mol. The van der Waals surface area contributed by atoms with E-state index in [1.54, 1.807) is 0 Å². The van der Waals surface area contributed by atoms with Gasteiger partial charge in [0.05, 0.1) is 0 Å². The standard InChI is InChI=1S/C21H25NO4/c1-16(14-23)12-22(13-18-5-3-2-4-6-18)21(24)10-8-17-7-9-19-20(11-17)26-15-25-19/h2-7,9,11,16,23H,8,10,12-15H2,1H3/t16-/m0/s1. The van der Waals surface area contributed by atoms with Crippen LogP contribution in [0.25, 0.3) is 0 Å². The maximum Gasteiger partial charge on any atom is 0.231 e. The van der Waals surface area contributed by atoms with Crippen LogP contribution in [-0.2, 0) is 17.8 Å². The lowest BCUT2D eigenvalue weighted by molar-refractivity contribution is -0.132. The quantitative estimate of drug-likeness (QED) is 0.791. The fourth-order valence-electron chi connectivity index (χ4n) is 3.00. The van der Waals surface area contributed by atoms with Crippen LogP contribution in [0.2, 0.25) is 0 Å². The van der Waals surface area contributed by atoms with Crippen LogP contribution in [0.5, 0.6) is 11.5 Å². The van der Waals surface area contributed by atoms with E-state index in [0.29, 0.717) is 25.9 Å². The van der Waals surface area contributed by atoms with Crippen molar-refractivity contribution in [3.8, 4) is 11.5 Å². The third-order valence-corrected chi connectivity index (χ3v) is 4.48. The van der Waals surface area contributed by atoms with Crippen molar-refractivity contribution in [2.75, 3.05) is 19.9 Å². The second kappa shape index (κ2) is 8.72. The molecular formula is C21H25NO4. The number of benzene rings is 2. The van der Waals surface area contributed by atoms with Crippen molar-refractivity contribution in [3.63, 3.8) is 0 Å². The van der Waals surface area contributed by atoms with Crippen LogP contribution in [0, 0.1) is 5.92 Å². The van der Waals surface area contributed by atoms with E-state index < -0.39 is 0 Å². The molecule has 138 valence electrons. The van der Waals surface area contributed by atoms with E-state index in [4.69, 9.17) is 9.47 Å². The number of rotatable bonds is 8. The van der Waals surface area contributed by atoms with Crippen LogP contribution in [0.3, 0.4) is 0 Å². The molecule has 5 nitrogen and oxygen atoms in total. The summed E-state index contributed by atoms with van der Waals surface area (Å²) in [6.07, 6.45) is 1.07. The van der Waals surface area contributed by atoms with Gasteiger partial charge in [0.25, 0.3) is 0 Å². The highest BCUT2D eigenvalue weighted by Gasteiger charge is 2.18. The molecule has 1 N–H and O–H groups in total. The van der Waals surface area contributed by atoms with Crippen molar-refractivity contribution in [3.05, 3.63) is 59.7 Å². The smallest absolute Gasteiger partial charge is 0.231 e. The lowest BCUT2D eigenvalue weighted by Crippen LogP contribution is -2.35. The van der Waals surface area contributed by atoms with Gasteiger partial charge in [-0.15, -0.1) is 0 Å². The molecule has 2 aromatic carbocycles. The van der Waals surface area contributed by atoms with Crippen LogP contribution < -0.4 is 9.47 Å². The number of amides is 1. The van der Waals surface area contributed by atoms with Crippen molar-refractivity contribution < 1.29 is 19.4 Å². The van der Waals surface area contributed by atoms with E-state index in [1.807, 2.05) is 60.4 Å². The lowest BCUT2D eigenvalue weighted by Gasteiger charge is -2.25. The maximum atomic E-state index is 12.8. The highest BCUT2D eigenvalue weighted by Crippen LogP contribution is 2.32. The number of carbonyl (C=O) groups is 1. The summed E-state index contributed by atoms with van der Waals surface area (Å²) in [5.74, 6) is 1.63. The zero-order chi connectivity index (χ0) is 18.4. The first-order valence-corrected chi connectivity index (χ1v) is 8.97. The monoisotopic (exact) mass is 355 g/mol. The Labute approximate surface area is 154 Å². The average molecular weight is 355 g/mol. The molecule has 0 fully saturated rings. The van der Waals surface area contributed by atoms with E-state index in [0.717, 1.165) is 22.6 Å². The van der Waals surface area contributed by atoms with E-state index >= 15 is 0 Å². The van der Waals surface area contributed by atoms with Gasteiger partial charge in [-0.25, -0.2) is 0 Å². The van der Waals surface area contributed by atoms with Gasteiger partial charge in [0.2, 0.25) is 12.7 Å². The normalized spacial score (nSPS) is 13.5. The fraction of sp³-hybridized carbons (Fsp3) is 0.381. The van der Waals surface area contributed by atoms with Crippen LogP contribution in [0.15, 0.2) is 48.5 Å². The SMILES string of the molecule is C[C@H](CO)CN(Cc1ccccc1)C(=O)CCc1ccc2c(c1)OCO2. The van der Waals surface area contributed by atoms with Gasteiger partial charge in [0, 0.05) is 26.1 Å². The lowest BCUT2D eigenvalue weighted by atomic mass is 10.1. The summed E-state index contributed by atoms with van der Waals surface area (Å²) >= 11 is 0. The Morgan fingerprint density at radius 2 is 1.88 bits per heavy atom. The molecule has 0 unspecified atom stereocenters. The van der Waals surface area contributed by atoms with Crippen molar-refractivity contribution >= 4 is 5.91 Å². The Morgan fingerprint density at radius 3 is 2.65 bits per heavy atom. The van der Waals surface area contributed by atoms with Gasteiger partial charge in [0.1, 0.15) is 0 Å². The molecule has 1 aliphatic heterocycles. The van der Waals surface area contributed by atoms with Gasteiger partial charge in [-0.2, -0.15) is 0 Å². The van der Waals surface area contributed by atoms with Crippen LogP contribution in [-0.4, -0.2) is 35.9 Å². The third-order valence-electron chi connectivity index (χ3n) is 4.48. The minimum absolute atomic E-state index is 0.0493. The number of ether oxygens (including phenoxy) is 2. The summed E-state index contributed by atoms with van der Waals surface area (Å²) < 4.78 is 10.7. The number of hydrogen-bond donors (Lipinski definition) is 1. The molecule has 0 spiro atoms. The second-order valence-electron chi connectivity index (χ2n) is 6.74. The van der Waals surface area contributed by atoms with Gasteiger partial charge in [-0.05, 0) is 35.6 Å². The summed E-state index contributed by atoms with van der Waals surface area (Å²) in [5, 5.41) is 9.37. The Kier molecular flexibility index (Phi) is 6.12. The average Bonchev–Trinajstić information content (AvgIpc) is 3.14. The first-order valence-electron chi connectivity index (χ1n) is 8.97. The molecule has 0 saturated carbocycles. The maximum absolute atomic E-state index is 12.8. The molecule has 0 saturated heterocycles. The number of aliphatic hydroxyl groups is 1. The fourth-order valence-corrected chi connectivity index (χ4v) is 3.00. The molecule has 0 radical (unpaired) electrons. The topological polar surface area (TPSA) is 59.0 Å². The molecule has 2 aromatic rings. The second-order valence-corrected chi connectivity index (χ2v) is 6.74. The zero-order valence-electron chi connectivity index (χ0n) is 15.1. The van der Waals surface area contributed by atoms with Crippen molar-refractivity contribution in [1.29, 1.82) is 0 Å². The van der Waals surface area contributed by atoms with Crippen molar-refractivity contribution in [2.45, 2.75) is 26.3 Å². The van der Waals surface area contributed by atoms with E-state index in [9.17, 15) is 9.90 Å². The van der Waals surface area contributed by atoms with Gasteiger partial charge in [0.15, 0.2) is 11.5 Å². The number of carbonyl (C=O) groups excluding carboxylic acids is 1. The third kappa shape index (κ3) is 4.76. The zero-order valence-corrected chi connectivity index (χ0v) is 15.1. The summed E-state index contributed by atoms with van der Waals surface area (Å²) in [6, 6.07) is 15.7. The summed E-state index contributed by atoms with van der Waals surface area (Å²) in [5.41, 5.74) is 2.14. The number of nitrogens with zero attached hydrogens (tertiary/aromatic N) is 1. The van der Waals surface area contributed by atoms with Crippen LogP contribution in [0.1, 0.15) is 24.5 Å². The minimum Gasteiger partial charge on any atom is -0.454 e. The van der Waals surface area contributed by atoms with Crippen molar-refractivity contribution in [2.24, 2.45) is 5.92 Å². The number of aryl methyl sites for hydroxylation is 1. The summed E-state index contributed by atoms with van der Waals surface area (Å²) in [7, 11) is 0. The van der Waals surface area contributed by atoms with Gasteiger partial charge >= 0.3 is 0 Å². The molecule has 1 aliphatic rings.